The Hall–Kier alpha value is 0. The molecule has 3 rings (SSSR count). The van der Waals surface area contributed by atoms with E-state index in [2.05, 4.69) is 34.6 Å². The third-order valence-electron chi connectivity index (χ3n) is 7.18. The smallest absolute Gasteiger partial charge is 0.0318 e. The van der Waals surface area contributed by atoms with Crippen molar-refractivity contribution in [3.05, 3.63) is 0 Å². The minimum atomic E-state index is 0.975. The van der Waals surface area contributed by atoms with Crippen LogP contribution in [0.15, 0.2) is 0 Å². The number of hydrogen-bond donors (Lipinski definition) is 0. The average molecular weight is 220 g/mol. The quantitative estimate of drug-likeness (QED) is 0.612. The van der Waals surface area contributed by atoms with Gasteiger partial charge in [-0.25, -0.2) is 0 Å². The Morgan fingerprint density at radius 2 is 1.38 bits per heavy atom. The largest absolute Gasteiger partial charge is 0.0651 e. The molecule has 3 fully saturated rings. The van der Waals surface area contributed by atoms with E-state index in [0.717, 1.165) is 53.3 Å². The SMILES string of the molecule is CCC1CC2C(C)C1C1C(C)C(C)C(C)C21. The summed E-state index contributed by atoms with van der Waals surface area (Å²) in [5.41, 5.74) is 0. The lowest BCUT2D eigenvalue weighted by atomic mass is 9.71. The second-order valence-corrected chi connectivity index (χ2v) is 7.24. The molecule has 16 heavy (non-hydrogen) atoms. The summed E-state index contributed by atoms with van der Waals surface area (Å²) in [6, 6.07) is 0. The van der Waals surface area contributed by atoms with Gasteiger partial charge in [0.05, 0.1) is 0 Å². The summed E-state index contributed by atoms with van der Waals surface area (Å²) in [6.07, 6.45) is 3.00. The highest BCUT2D eigenvalue weighted by molar-refractivity contribution is 5.10. The van der Waals surface area contributed by atoms with Gasteiger partial charge >= 0.3 is 0 Å². The maximum atomic E-state index is 2.56. The van der Waals surface area contributed by atoms with E-state index in [1.165, 1.54) is 6.42 Å². The fourth-order valence-corrected chi connectivity index (χ4v) is 6.21. The normalized spacial score (nSPS) is 63.9. The van der Waals surface area contributed by atoms with Crippen LogP contribution in [0.5, 0.6) is 0 Å². The summed E-state index contributed by atoms with van der Waals surface area (Å²) < 4.78 is 0. The molecule has 0 heterocycles. The van der Waals surface area contributed by atoms with Gasteiger partial charge in [-0.05, 0) is 59.7 Å². The first-order chi connectivity index (χ1) is 7.57. The van der Waals surface area contributed by atoms with Crippen LogP contribution in [0.2, 0.25) is 0 Å². The lowest BCUT2D eigenvalue weighted by Gasteiger charge is -2.34. The first kappa shape index (κ1) is 11.1. The Morgan fingerprint density at radius 3 is 2.00 bits per heavy atom. The van der Waals surface area contributed by atoms with Crippen molar-refractivity contribution in [2.24, 2.45) is 53.3 Å². The summed E-state index contributed by atoms with van der Waals surface area (Å²) >= 11 is 0. The molecule has 3 aliphatic rings. The predicted molar refractivity (Wildman–Crippen MR) is 69.0 cm³/mol. The Balaban J connectivity index is 1.94. The van der Waals surface area contributed by atoms with Gasteiger partial charge in [-0.1, -0.05) is 41.0 Å². The zero-order chi connectivity index (χ0) is 11.6. The highest BCUT2D eigenvalue weighted by atomic mass is 14.7. The molecule has 0 radical (unpaired) electrons. The van der Waals surface area contributed by atoms with Crippen LogP contribution in [-0.2, 0) is 0 Å². The van der Waals surface area contributed by atoms with Crippen LogP contribution in [0.1, 0.15) is 47.5 Å². The Bertz CT molecular complexity index is 282. The molecule has 0 N–H and O–H groups in total. The molecular weight excluding hydrogens is 192 g/mol. The van der Waals surface area contributed by atoms with Gasteiger partial charge in [0.2, 0.25) is 0 Å². The van der Waals surface area contributed by atoms with Crippen molar-refractivity contribution >= 4 is 0 Å². The minimum Gasteiger partial charge on any atom is -0.0651 e. The molecule has 0 aromatic rings. The third kappa shape index (κ3) is 1.12. The van der Waals surface area contributed by atoms with E-state index in [1.807, 2.05) is 0 Å². The first-order valence-corrected chi connectivity index (χ1v) is 7.57. The minimum absolute atomic E-state index is 0.975. The van der Waals surface area contributed by atoms with Crippen molar-refractivity contribution in [3.63, 3.8) is 0 Å². The van der Waals surface area contributed by atoms with E-state index in [-0.39, 0.29) is 0 Å². The molecule has 0 amide bonds. The van der Waals surface area contributed by atoms with Crippen molar-refractivity contribution in [1.82, 2.24) is 0 Å². The monoisotopic (exact) mass is 220 g/mol. The summed E-state index contributed by atoms with van der Waals surface area (Å²) in [7, 11) is 0. The standard InChI is InChI=1S/C16H28/c1-6-12-7-13-11(5)14(12)16-10(4)8(2)9(3)15(13)16/h8-16H,6-7H2,1-5H3. The highest BCUT2D eigenvalue weighted by Crippen LogP contribution is 2.68. The van der Waals surface area contributed by atoms with E-state index >= 15 is 0 Å². The molecule has 2 bridgehead atoms. The van der Waals surface area contributed by atoms with E-state index in [9.17, 15) is 0 Å². The number of fused-ring (bicyclic) bond motifs is 5. The molecule has 0 aromatic heterocycles. The summed E-state index contributed by atoms with van der Waals surface area (Å²) in [5.74, 6) is 9.42. The molecule has 3 saturated carbocycles. The average Bonchev–Trinajstić information content (AvgIpc) is 2.83. The molecule has 92 valence electrons. The van der Waals surface area contributed by atoms with Gasteiger partial charge in [0.1, 0.15) is 0 Å². The molecule has 0 aliphatic heterocycles. The fourth-order valence-electron chi connectivity index (χ4n) is 6.21. The van der Waals surface area contributed by atoms with Crippen molar-refractivity contribution < 1.29 is 0 Å². The first-order valence-electron chi connectivity index (χ1n) is 7.57. The van der Waals surface area contributed by atoms with Crippen LogP contribution < -0.4 is 0 Å². The van der Waals surface area contributed by atoms with Gasteiger partial charge in [0, 0.05) is 0 Å². The van der Waals surface area contributed by atoms with Crippen LogP contribution in [0, 0.1) is 53.3 Å². The molecule has 9 atom stereocenters. The van der Waals surface area contributed by atoms with Gasteiger partial charge in [0.15, 0.2) is 0 Å². The lowest BCUT2D eigenvalue weighted by Crippen LogP contribution is -2.28. The predicted octanol–water partition coefficient (Wildman–Crippen LogP) is 4.45. The Morgan fingerprint density at radius 1 is 0.750 bits per heavy atom. The molecule has 0 aromatic carbocycles. The van der Waals surface area contributed by atoms with Gasteiger partial charge < -0.3 is 0 Å². The van der Waals surface area contributed by atoms with Crippen LogP contribution in [0.25, 0.3) is 0 Å². The zero-order valence-electron chi connectivity index (χ0n) is 11.6. The molecule has 3 aliphatic carbocycles. The molecule has 0 spiro atoms. The zero-order valence-corrected chi connectivity index (χ0v) is 11.6. The van der Waals surface area contributed by atoms with Crippen molar-refractivity contribution in [1.29, 1.82) is 0 Å². The van der Waals surface area contributed by atoms with E-state index in [4.69, 9.17) is 0 Å². The van der Waals surface area contributed by atoms with Gasteiger partial charge in [-0.3, -0.25) is 0 Å². The van der Waals surface area contributed by atoms with Crippen LogP contribution >= 0.6 is 0 Å². The number of hydrogen-bond acceptors (Lipinski definition) is 0. The molecular formula is C16H28. The Kier molecular flexibility index (Phi) is 2.43. The van der Waals surface area contributed by atoms with Crippen LogP contribution in [0.4, 0.5) is 0 Å². The Labute approximate surface area is 101 Å². The molecule has 9 unspecified atom stereocenters. The third-order valence-corrected chi connectivity index (χ3v) is 7.18. The van der Waals surface area contributed by atoms with Crippen molar-refractivity contribution in [2.75, 3.05) is 0 Å². The molecule has 0 nitrogen and oxygen atoms in total. The summed E-state index contributed by atoms with van der Waals surface area (Å²) in [5, 5.41) is 0. The topological polar surface area (TPSA) is 0 Å². The van der Waals surface area contributed by atoms with Crippen LogP contribution in [-0.4, -0.2) is 0 Å². The van der Waals surface area contributed by atoms with Gasteiger partial charge in [0.25, 0.3) is 0 Å². The van der Waals surface area contributed by atoms with E-state index in [0.29, 0.717) is 0 Å². The van der Waals surface area contributed by atoms with Crippen molar-refractivity contribution in [3.8, 4) is 0 Å². The maximum absolute atomic E-state index is 2.56. The van der Waals surface area contributed by atoms with Crippen molar-refractivity contribution in [2.45, 2.75) is 47.5 Å². The van der Waals surface area contributed by atoms with Gasteiger partial charge in [-0.2, -0.15) is 0 Å². The highest BCUT2D eigenvalue weighted by Gasteiger charge is 2.62. The molecule has 0 saturated heterocycles. The fraction of sp³-hybridized carbons (Fsp3) is 1.00. The number of rotatable bonds is 1. The second-order valence-electron chi connectivity index (χ2n) is 7.24. The molecule has 0 heteroatoms. The van der Waals surface area contributed by atoms with Crippen LogP contribution in [0.3, 0.4) is 0 Å². The summed E-state index contributed by atoms with van der Waals surface area (Å²) in [4.78, 5) is 0. The van der Waals surface area contributed by atoms with Gasteiger partial charge in [-0.15, -0.1) is 0 Å². The maximum Gasteiger partial charge on any atom is -0.0318 e. The van der Waals surface area contributed by atoms with E-state index < -0.39 is 0 Å². The lowest BCUT2D eigenvalue weighted by molar-refractivity contribution is 0.140. The van der Waals surface area contributed by atoms with E-state index in [1.54, 1.807) is 6.42 Å². The second kappa shape index (κ2) is 3.50. The summed E-state index contributed by atoms with van der Waals surface area (Å²) in [6.45, 7) is 12.6.